The zero-order chi connectivity index (χ0) is 14.7. The van der Waals surface area contributed by atoms with Crippen LogP contribution in [-0.4, -0.2) is 47.7 Å². The van der Waals surface area contributed by atoms with E-state index in [-0.39, 0.29) is 24.3 Å². The summed E-state index contributed by atoms with van der Waals surface area (Å²) in [6, 6.07) is 0. The molecule has 2 saturated heterocycles. The number of carboxylic acids is 1. The number of ether oxygens (including phenoxy) is 1. The fraction of sp³-hybridized carbons (Fsp3) is 0.867. The van der Waals surface area contributed by atoms with Crippen LogP contribution >= 0.6 is 0 Å². The van der Waals surface area contributed by atoms with Crippen LogP contribution < -0.4 is 0 Å². The van der Waals surface area contributed by atoms with Crippen molar-refractivity contribution in [3.63, 3.8) is 0 Å². The van der Waals surface area contributed by atoms with Crippen LogP contribution in [0.1, 0.15) is 39.5 Å². The van der Waals surface area contributed by atoms with Crippen molar-refractivity contribution in [3.8, 4) is 0 Å². The SMILES string of the molecule is CC(CC(=O)O)C1CCCN(C(=O)C2OCCC2C)C1. The maximum absolute atomic E-state index is 12.5. The molecular formula is C15H25NO4. The molecule has 1 amide bonds. The first-order valence-corrected chi connectivity index (χ1v) is 7.61. The molecule has 20 heavy (non-hydrogen) atoms. The molecule has 4 atom stereocenters. The Balaban J connectivity index is 1.92. The molecule has 2 fully saturated rings. The minimum absolute atomic E-state index is 0.0993. The third kappa shape index (κ3) is 3.51. The fourth-order valence-corrected chi connectivity index (χ4v) is 3.31. The van der Waals surface area contributed by atoms with Gasteiger partial charge >= 0.3 is 5.97 Å². The van der Waals surface area contributed by atoms with Gasteiger partial charge in [-0.25, -0.2) is 0 Å². The molecule has 0 aromatic carbocycles. The number of likely N-dealkylation sites (tertiary alicyclic amines) is 1. The maximum Gasteiger partial charge on any atom is 0.303 e. The van der Waals surface area contributed by atoms with E-state index in [1.807, 2.05) is 11.8 Å². The van der Waals surface area contributed by atoms with E-state index in [4.69, 9.17) is 9.84 Å². The second-order valence-electron chi connectivity index (χ2n) is 6.32. The Bertz CT molecular complexity index is 371. The Hall–Kier alpha value is -1.10. The maximum atomic E-state index is 12.5. The van der Waals surface area contributed by atoms with Gasteiger partial charge in [0, 0.05) is 26.1 Å². The van der Waals surface area contributed by atoms with E-state index in [1.165, 1.54) is 0 Å². The number of carbonyl (C=O) groups excluding carboxylic acids is 1. The summed E-state index contributed by atoms with van der Waals surface area (Å²) in [5, 5.41) is 8.90. The normalized spacial score (nSPS) is 32.1. The molecule has 2 heterocycles. The first-order valence-electron chi connectivity index (χ1n) is 7.61. The first-order chi connectivity index (χ1) is 9.49. The van der Waals surface area contributed by atoms with Gasteiger partial charge in [-0.3, -0.25) is 9.59 Å². The second kappa shape index (κ2) is 6.57. The molecule has 0 radical (unpaired) electrons. The van der Waals surface area contributed by atoms with Crippen LogP contribution in [0.2, 0.25) is 0 Å². The number of piperidine rings is 1. The Labute approximate surface area is 120 Å². The van der Waals surface area contributed by atoms with Crippen molar-refractivity contribution in [1.29, 1.82) is 0 Å². The molecule has 2 aliphatic rings. The van der Waals surface area contributed by atoms with Gasteiger partial charge in [0.15, 0.2) is 0 Å². The van der Waals surface area contributed by atoms with Crippen LogP contribution in [0.3, 0.4) is 0 Å². The highest BCUT2D eigenvalue weighted by atomic mass is 16.5. The van der Waals surface area contributed by atoms with E-state index in [0.717, 1.165) is 25.8 Å². The van der Waals surface area contributed by atoms with E-state index in [2.05, 4.69) is 6.92 Å². The van der Waals surface area contributed by atoms with Gasteiger partial charge in [-0.2, -0.15) is 0 Å². The molecule has 5 heteroatoms. The van der Waals surface area contributed by atoms with E-state index in [0.29, 0.717) is 25.0 Å². The summed E-state index contributed by atoms with van der Waals surface area (Å²) in [4.78, 5) is 25.2. The van der Waals surface area contributed by atoms with Crippen LogP contribution in [0.5, 0.6) is 0 Å². The number of carbonyl (C=O) groups is 2. The smallest absolute Gasteiger partial charge is 0.303 e. The molecule has 2 aliphatic heterocycles. The number of amides is 1. The van der Waals surface area contributed by atoms with Crippen molar-refractivity contribution < 1.29 is 19.4 Å². The highest BCUT2D eigenvalue weighted by molar-refractivity contribution is 5.81. The lowest BCUT2D eigenvalue weighted by atomic mass is 9.84. The van der Waals surface area contributed by atoms with Gasteiger partial charge in [0.25, 0.3) is 5.91 Å². The minimum atomic E-state index is -0.756. The van der Waals surface area contributed by atoms with Crippen molar-refractivity contribution in [2.45, 2.75) is 45.6 Å². The minimum Gasteiger partial charge on any atom is -0.481 e. The summed E-state index contributed by atoms with van der Waals surface area (Å²) in [6.45, 7) is 6.16. The molecule has 5 nitrogen and oxygen atoms in total. The topological polar surface area (TPSA) is 66.8 Å². The van der Waals surface area contributed by atoms with Crippen molar-refractivity contribution in [3.05, 3.63) is 0 Å². The van der Waals surface area contributed by atoms with Crippen LogP contribution in [0, 0.1) is 17.8 Å². The second-order valence-corrected chi connectivity index (χ2v) is 6.32. The standard InChI is InChI=1S/C15H25NO4/c1-10-5-7-20-14(10)15(19)16-6-3-4-12(9-16)11(2)8-13(17)18/h10-12,14H,3-9H2,1-2H3,(H,17,18). The summed E-state index contributed by atoms with van der Waals surface area (Å²) in [5.74, 6) is 0.0424. The molecule has 0 saturated carbocycles. The van der Waals surface area contributed by atoms with Crippen molar-refractivity contribution in [2.75, 3.05) is 19.7 Å². The largest absolute Gasteiger partial charge is 0.481 e. The Morgan fingerprint density at radius 3 is 2.75 bits per heavy atom. The van der Waals surface area contributed by atoms with Crippen LogP contribution in [0.25, 0.3) is 0 Å². The zero-order valence-electron chi connectivity index (χ0n) is 12.4. The Morgan fingerprint density at radius 2 is 2.15 bits per heavy atom. The summed E-state index contributed by atoms with van der Waals surface area (Å²) in [7, 11) is 0. The lowest BCUT2D eigenvalue weighted by Gasteiger charge is -2.37. The number of hydrogen-bond donors (Lipinski definition) is 1. The van der Waals surface area contributed by atoms with Gasteiger partial charge in [-0.15, -0.1) is 0 Å². The van der Waals surface area contributed by atoms with E-state index in [1.54, 1.807) is 0 Å². The zero-order valence-corrected chi connectivity index (χ0v) is 12.4. The van der Waals surface area contributed by atoms with Crippen LogP contribution in [0.4, 0.5) is 0 Å². The number of rotatable bonds is 4. The molecule has 0 aromatic rings. The third-order valence-corrected chi connectivity index (χ3v) is 4.70. The number of aliphatic carboxylic acids is 1. The van der Waals surface area contributed by atoms with E-state index < -0.39 is 5.97 Å². The van der Waals surface area contributed by atoms with E-state index >= 15 is 0 Å². The van der Waals surface area contributed by atoms with Crippen LogP contribution in [0.15, 0.2) is 0 Å². The Kier molecular flexibility index (Phi) is 5.02. The highest BCUT2D eigenvalue weighted by Gasteiger charge is 2.36. The molecule has 0 bridgehead atoms. The average molecular weight is 283 g/mol. The molecular weight excluding hydrogens is 258 g/mol. The average Bonchev–Trinajstić information content (AvgIpc) is 2.83. The van der Waals surface area contributed by atoms with E-state index in [9.17, 15) is 9.59 Å². The van der Waals surface area contributed by atoms with Gasteiger partial charge < -0.3 is 14.7 Å². The summed E-state index contributed by atoms with van der Waals surface area (Å²) >= 11 is 0. The lowest BCUT2D eigenvalue weighted by molar-refractivity contribution is -0.145. The molecule has 0 aromatic heterocycles. The van der Waals surface area contributed by atoms with Gasteiger partial charge in [-0.05, 0) is 37.0 Å². The Morgan fingerprint density at radius 1 is 1.40 bits per heavy atom. The molecule has 0 aliphatic carbocycles. The number of carboxylic acid groups (broad SMARTS) is 1. The van der Waals surface area contributed by atoms with Crippen LogP contribution in [-0.2, 0) is 14.3 Å². The quantitative estimate of drug-likeness (QED) is 0.853. The number of nitrogens with zero attached hydrogens (tertiary/aromatic N) is 1. The van der Waals surface area contributed by atoms with Gasteiger partial charge in [0.2, 0.25) is 0 Å². The van der Waals surface area contributed by atoms with Gasteiger partial charge in [0.05, 0.1) is 0 Å². The number of hydrogen-bond acceptors (Lipinski definition) is 3. The van der Waals surface area contributed by atoms with Crippen molar-refractivity contribution in [2.24, 2.45) is 17.8 Å². The van der Waals surface area contributed by atoms with Crippen molar-refractivity contribution >= 4 is 11.9 Å². The molecule has 0 spiro atoms. The summed E-state index contributed by atoms with van der Waals surface area (Å²) in [6.07, 6.45) is 2.82. The molecule has 4 unspecified atom stereocenters. The monoisotopic (exact) mass is 283 g/mol. The lowest BCUT2D eigenvalue weighted by Crippen LogP contribution is -2.47. The summed E-state index contributed by atoms with van der Waals surface area (Å²) in [5.41, 5.74) is 0. The first kappa shape index (κ1) is 15.3. The molecule has 2 rings (SSSR count). The molecule has 1 N–H and O–H groups in total. The van der Waals surface area contributed by atoms with Crippen molar-refractivity contribution in [1.82, 2.24) is 4.90 Å². The fourth-order valence-electron chi connectivity index (χ4n) is 3.31. The third-order valence-electron chi connectivity index (χ3n) is 4.70. The predicted molar refractivity (Wildman–Crippen MR) is 74.2 cm³/mol. The summed E-state index contributed by atoms with van der Waals surface area (Å²) < 4.78 is 5.56. The predicted octanol–water partition coefficient (Wildman–Crippen LogP) is 1.76. The van der Waals surface area contributed by atoms with Gasteiger partial charge in [-0.1, -0.05) is 13.8 Å². The molecule has 114 valence electrons. The van der Waals surface area contributed by atoms with Gasteiger partial charge in [0.1, 0.15) is 6.10 Å². The highest BCUT2D eigenvalue weighted by Crippen LogP contribution is 2.29.